The molecule has 3 aromatic heterocycles. The summed E-state index contributed by atoms with van der Waals surface area (Å²) in [6.45, 7) is 2.28. The van der Waals surface area contributed by atoms with Gasteiger partial charge in [-0.3, -0.25) is 14.2 Å². The fourth-order valence-corrected chi connectivity index (χ4v) is 3.01. The monoisotopic (exact) mass is 357 g/mol. The Balaban J connectivity index is 1.60. The van der Waals surface area contributed by atoms with E-state index in [1.807, 2.05) is 53.1 Å². The first kappa shape index (κ1) is 16.9. The van der Waals surface area contributed by atoms with Crippen molar-refractivity contribution < 1.29 is 4.79 Å². The fraction of sp³-hybridized carbons (Fsp3) is 0.143. The van der Waals surface area contributed by atoms with Crippen LogP contribution in [0.25, 0.3) is 16.9 Å². The van der Waals surface area contributed by atoms with Crippen LogP contribution in [0, 0.1) is 0 Å². The lowest BCUT2D eigenvalue weighted by Crippen LogP contribution is -2.08. The van der Waals surface area contributed by atoms with Crippen LogP contribution in [-0.2, 0) is 6.42 Å². The summed E-state index contributed by atoms with van der Waals surface area (Å²) >= 11 is 0. The number of nitrogens with zero attached hydrogens (tertiary/aromatic N) is 4. The number of benzene rings is 1. The number of fused-ring (bicyclic) bond motifs is 1. The van der Waals surface area contributed by atoms with E-state index < -0.39 is 0 Å². The summed E-state index contributed by atoms with van der Waals surface area (Å²) in [4.78, 5) is 25.0. The second-order valence-corrected chi connectivity index (χ2v) is 6.25. The predicted octanol–water partition coefficient (Wildman–Crippen LogP) is 3.65. The third kappa shape index (κ3) is 3.55. The lowest BCUT2D eigenvalue weighted by molar-refractivity contribution is 0.101. The molecular weight excluding hydrogens is 338 g/mol. The zero-order valence-corrected chi connectivity index (χ0v) is 15.0. The van der Waals surface area contributed by atoms with Gasteiger partial charge in [-0.15, -0.1) is 0 Å². The van der Waals surface area contributed by atoms with Crippen molar-refractivity contribution in [2.75, 3.05) is 11.9 Å². The van der Waals surface area contributed by atoms with Crippen molar-refractivity contribution in [1.29, 1.82) is 0 Å². The van der Waals surface area contributed by atoms with Crippen molar-refractivity contribution in [2.45, 2.75) is 13.3 Å². The van der Waals surface area contributed by atoms with Crippen molar-refractivity contribution >= 4 is 17.2 Å². The zero-order chi connectivity index (χ0) is 18.6. The Kier molecular flexibility index (Phi) is 4.61. The highest BCUT2D eigenvalue weighted by Crippen LogP contribution is 2.24. The molecule has 0 saturated heterocycles. The maximum absolute atomic E-state index is 11.7. The normalized spacial score (nSPS) is 10.9. The number of nitrogens with one attached hydrogen (secondary N) is 1. The highest BCUT2D eigenvalue weighted by molar-refractivity contribution is 5.95. The Hall–Kier alpha value is -3.54. The molecule has 0 bridgehead atoms. The van der Waals surface area contributed by atoms with Gasteiger partial charge in [-0.25, -0.2) is 9.97 Å². The molecule has 0 radical (unpaired) electrons. The van der Waals surface area contributed by atoms with Crippen LogP contribution in [0.4, 0.5) is 5.82 Å². The first-order chi connectivity index (χ1) is 13.2. The molecule has 4 aromatic rings. The molecule has 3 heterocycles. The smallest absolute Gasteiger partial charge is 0.180 e. The molecule has 6 heteroatoms. The van der Waals surface area contributed by atoms with Crippen molar-refractivity contribution in [3.05, 3.63) is 78.5 Å². The molecule has 4 rings (SSSR count). The van der Waals surface area contributed by atoms with E-state index in [1.54, 1.807) is 25.5 Å². The number of carbonyl (C=O) groups is 1. The quantitative estimate of drug-likeness (QED) is 0.533. The van der Waals surface area contributed by atoms with Crippen LogP contribution in [0.2, 0.25) is 0 Å². The molecule has 0 saturated carbocycles. The number of carbonyl (C=O) groups excluding carboxylic acids is 1. The fourth-order valence-electron chi connectivity index (χ4n) is 3.01. The van der Waals surface area contributed by atoms with E-state index in [1.165, 1.54) is 0 Å². The predicted molar refractivity (Wildman–Crippen MR) is 105 cm³/mol. The van der Waals surface area contributed by atoms with Crippen molar-refractivity contribution in [3.8, 4) is 11.3 Å². The average Bonchev–Trinajstić information content (AvgIpc) is 3.14. The zero-order valence-electron chi connectivity index (χ0n) is 15.0. The van der Waals surface area contributed by atoms with E-state index >= 15 is 0 Å². The first-order valence-electron chi connectivity index (χ1n) is 8.79. The van der Waals surface area contributed by atoms with Gasteiger partial charge in [0.15, 0.2) is 17.2 Å². The second-order valence-electron chi connectivity index (χ2n) is 6.25. The molecular formula is C21H19N5O. The molecule has 1 N–H and O–H groups in total. The van der Waals surface area contributed by atoms with E-state index in [-0.39, 0.29) is 5.78 Å². The van der Waals surface area contributed by atoms with Crippen LogP contribution in [0.3, 0.4) is 0 Å². The maximum Gasteiger partial charge on any atom is 0.180 e. The lowest BCUT2D eigenvalue weighted by atomic mass is 10.1. The van der Waals surface area contributed by atoms with E-state index in [0.29, 0.717) is 12.1 Å². The summed E-state index contributed by atoms with van der Waals surface area (Å²) < 4.78 is 1.98. The van der Waals surface area contributed by atoms with Gasteiger partial charge in [0.2, 0.25) is 0 Å². The molecule has 0 spiro atoms. The van der Waals surface area contributed by atoms with Crippen LogP contribution in [0.5, 0.6) is 0 Å². The minimum absolute atomic E-state index is 0.0456. The van der Waals surface area contributed by atoms with Gasteiger partial charge in [-0.05, 0) is 25.1 Å². The van der Waals surface area contributed by atoms with Crippen LogP contribution < -0.4 is 5.32 Å². The average molecular weight is 357 g/mol. The molecule has 27 heavy (non-hydrogen) atoms. The first-order valence-corrected chi connectivity index (χ1v) is 8.79. The molecule has 0 fully saturated rings. The third-order valence-corrected chi connectivity index (χ3v) is 4.39. The Labute approximate surface area is 156 Å². The van der Waals surface area contributed by atoms with Gasteiger partial charge in [0.1, 0.15) is 0 Å². The van der Waals surface area contributed by atoms with E-state index in [0.717, 1.165) is 34.8 Å². The Morgan fingerprint density at radius 3 is 2.81 bits per heavy atom. The topological polar surface area (TPSA) is 72.2 Å². The van der Waals surface area contributed by atoms with Crippen LogP contribution >= 0.6 is 0 Å². The summed E-state index contributed by atoms with van der Waals surface area (Å²) in [5.74, 6) is 0.770. The number of Topliss-reactive ketones (excluding diaryl/α,β-unsaturated/α-hetero) is 1. The van der Waals surface area contributed by atoms with Gasteiger partial charge >= 0.3 is 0 Å². The Morgan fingerprint density at radius 1 is 1.07 bits per heavy atom. The van der Waals surface area contributed by atoms with Gasteiger partial charge < -0.3 is 5.32 Å². The number of hydrogen-bond acceptors (Lipinski definition) is 5. The third-order valence-electron chi connectivity index (χ3n) is 4.39. The summed E-state index contributed by atoms with van der Waals surface area (Å²) in [5, 5.41) is 3.34. The number of hydrogen-bond donors (Lipinski definition) is 1. The SMILES string of the molecule is CC(=O)c1cccc(-c2cnc3c(NCCc4ccccn4)nccn23)c1. The summed E-state index contributed by atoms with van der Waals surface area (Å²) in [5.41, 5.74) is 4.33. The molecule has 0 amide bonds. The van der Waals surface area contributed by atoms with Crippen LogP contribution in [0.1, 0.15) is 23.0 Å². The minimum Gasteiger partial charge on any atom is -0.367 e. The van der Waals surface area contributed by atoms with Crippen molar-refractivity contribution in [1.82, 2.24) is 19.4 Å². The minimum atomic E-state index is 0.0456. The van der Waals surface area contributed by atoms with Gasteiger partial charge in [-0.2, -0.15) is 0 Å². The number of pyridine rings is 1. The second kappa shape index (κ2) is 7.37. The highest BCUT2D eigenvalue weighted by atomic mass is 16.1. The highest BCUT2D eigenvalue weighted by Gasteiger charge is 2.11. The lowest BCUT2D eigenvalue weighted by Gasteiger charge is -2.08. The Morgan fingerprint density at radius 2 is 2.00 bits per heavy atom. The van der Waals surface area contributed by atoms with Crippen molar-refractivity contribution in [2.24, 2.45) is 0 Å². The summed E-state index contributed by atoms with van der Waals surface area (Å²) in [7, 11) is 0. The molecule has 0 aliphatic rings. The number of rotatable bonds is 6. The van der Waals surface area contributed by atoms with Gasteiger partial charge in [0, 0.05) is 48.4 Å². The molecule has 0 aliphatic carbocycles. The molecule has 134 valence electrons. The molecule has 6 nitrogen and oxygen atoms in total. The van der Waals surface area contributed by atoms with E-state index in [4.69, 9.17) is 0 Å². The van der Waals surface area contributed by atoms with Gasteiger partial charge in [-0.1, -0.05) is 24.3 Å². The molecule has 0 aliphatic heterocycles. The van der Waals surface area contributed by atoms with Crippen molar-refractivity contribution in [3.63, 3.8) is 0 Å². The van der Waals surface area contributed by atoms with Gasteiger partial charge in [0.05, 0.1) is 11.9 Å². The number of aromatic nitrogens is 4. The number of anilines is 1. The largest absolute Gasteiger partial charge is 0.367 e. The summed E-state index contributed by atoms with van der Waals surface area (Å²) in [6.07, 6.45) is 8.03. The maximum atomic E-state index is 11.7. The van der Waals surface area contributed by atoms with E-state index in [2.05, 4.69) is 20.3 Å². The van der Waals surface area contributed by atoms with Gasteiger partial charge in [0.25, 0.3) is 0 Å². The molecule has 1 aromatic carbocycles. The number of ketones is 1. The standard InChI is InChI=1S/C21H19N5O/c1-15(27)16-5-4-6-17(13-16)19-14-25-21-20(24-11-12-26(19)21)23-10-8-18-7-2-3-9-22-18/h2-7,9,11-14H,8,10H2,1H3,(H,23,24). The Bertz CT molecular complexity index is 1090. The molecule has 0 unspecified atom stereocenters. The van der Waals surface area contributed by atoms with Crippen LogP contribution in [-0.4, -0.2) is 31.7 Å². The molecule has 0 atom stereocenters. The number of imidazole rings is 1. The van der Waals surface area contributed by atoms with E-state index in [9.17, 15) is 4.79 Å². The summed E-state index contributed by atoms with van der Waals surface area (Å²) in [6, 6.07) is 13.5. The van der Waals surface area contributed by atoms with Crippen LogP contribution in [0.15, 0.2) is 67.3 Å².